The number of thioether (sulfide) groups is 1. The Bertz CT molecular complexity index is 458. The smallest absolute Gasteiger partial charge is 0.340 e. The molecule has 0 bridgehead atoms. The Balaban J connectivity index is 3.33. The Labute approximate surface area is 119 Å². The van der Waals surface area contributed by atoms with Gasteiger partial charge in [0.15, 0.2) is 5.78 Å². The molecule has 98 valence electrons. The zero-order valence-electron chi connectivity index (χ0n) is 10.5. The van der Waals surface area contributed by atoms with Crippen LogP contribution in [0.1, 0.15) is 34.6 Å². The number of hydrogen-bond donors (Lipinski definition) is 0. The summed E-state index contributed by atoms with van der Waals surface area (Å²) in [5, 5.41) is 0. The van der Waals surface area contributed by atoms with Crippen LogP contribution in [0.4, 0.5) is 0 Å². The Kier molecular flexibility index (Phi) is 5.88. The number of esters is 1. The fraction of sp³-hybridized carbons (Fsp3) is 0.385. The Morgan fingerprint density at radius 3 is 2.61 bits per heavy atom. The molecule has 18 heavy (non-hydrogen) atoms. The van der Waals surface area contributed by atoms with E-state index in [-0.39, 0.29) is 10.6 Å². The monoisotopic (exact) mass is 330 g/mol. The second-order valence-corrected chi connectivity index (χ2v) is 5.81. The summed E-state index contributed by atoms with van der Waals surface area (Å²) in [6, 6.07) is 5.25. The van der Waals surface area contributed by atoms with Crippen LogP contribution in [0.2, 0.25) is 0 Å². The number of benzene rings is 1. The van der Waals surface area contributed by atoms with Crippen molar-refractivity contribution in [2.24, 2.45) is 0 Å². The largest absolute Gasteiger partial charge is 0.462 e. The van der Waals surface area contributed by atoms with Crippen LogP contribution in [-0.4, -0.2) is 29.4 Å². The second kappa shape index (κ2) is 6.95. The number of hydrogen-bond acceptors (Lipinski definition) is 4. The lowest BCUT2D eigenvalue weighted by molar-refractivity contribution is 0.0519. The number of alkyl halides is 1. The first kappa shape index (κ1) is 15.2. The number of ketones is 1. The fourth-order valence-electron chi connectivity index (χ4n) is 1.53. The first-order chi connectivity index (χ1) is 8.52. The van der Waals surface area contributed by atoms with Crippen molar-refractivity contribution >= 4 is 39.4 Å². The summed E-state index contributed by atoms with van der Waals surface area (Å²) in [5.74, 6) is -0.562. The molecule has 0 aliphatic rings. The summed E-state index contributed by atoms with van der Waals surface area (Å²) < 4.78 is 5.02. The Morgan fingerprint density at radius 2 is 2.11 bits per heavy atom. The van der Waals surface area contributed by atoms with Gasteiger partial charge in [0.05, 0.1) is 17.0 Å². The lowest BCUT2D eigenvalue weighted by Gasteiger charge is -2.12. The fourth-order valence-corrected chi connectivity index (χ4v) is 2.39. The van der Waals surface area contributed by atoms with Crippen LogP contribution >= 0.6 is 27.7 Å². The highest BCUT2D eigenvalue weighted by Crippen LogP contribution is 2.26. The van der Waals surface area contributed by atoms with Crippen molar-refractivity contribution in [2.45, 2.75) is 23.6 Å². The number of carbonyl (C=O) groups is 2. The minimum atomic E-state index is -0.445. The highest BCUT2D eigenvalue weighted by Gasteiger charge is 2.23. The van der Waals surface area contributed by atoms with E-state index in [1.807, 2.05) is 12.3 Å². The average Bonchev–Trinajstić information content (AvgIpc) is 2.36. The van der Waals surface area contributed by atoms with Gasteiger partial charge in [-0.2, -0.15) is 0 Å². The molecule has 0 heterocycles. The molecule has 3 nitrogen and oxygen atoms in total. The third kappa shape index (κ3) is 3.36. The molecular weight excluding hydrogens is 316 g/mol. The van der Waals surface area contributed by atoms with E-state index in [0.717, 1.165) is 4.90 Å². The number of carbonyl (C=O) groups excluding carboxylic acids is 2. The molecule has 5 heteroatoms. The van der Waals surface area contributed by atoms with Crippen LogP contribution in [0.15, 0.2) is 23.1 Å². The van der Waals surface area contributed by atoms with Crippen LogP contribution in [0.5, 0.6) is 0 Å². The van der Waals surface area contributed by atoms with Crippen LogP contribution in [0, 0.1) is 0 Å². The van der Waals surface area contributed by atoms with Gasteiger partial charge in [-0.25, -0.2) is 4.79 Å². The first-order valence-corrected chi connectivity index (χ1v) is 7.69. The molecule has 0 saturated carbocycles. The van der Waals surface area contributed by atoms with Crippen molar-refractivity contribution in [1.29, 1.82) is 0 Å². The highest BCUT2D eigenvalue weighted by atomic mass is 79.9. The molecule has 1 unspecified atom stereocenters. The number of halogens is 1. The average molecular weight is 331 g/mol. The van der Waals surface area contributed by atoms with E-state index in [1.165, 1.54) is 11.8 Å². The van der Waals surface area contributed by atoms with Crippen LogP contribution in [-0.2, 0) is 4.74 Å². The molecule has 1 atom stereocenters. The molecule has 0 N–H and O–H groups in total. The first-order valence-electron chi connectivity index (χ1n) is 5.55. The van der Waals surface area contributed by atoms with E-state index in [9.17, 15) is 9.59 Å². The number of Topliss-reactive ketones (excluding diaryl/α,β-unsaturated/α-hetero) is 1. The number of rotatable bonds is 5. The summed E-state index contributed by atoms with van der Waals surface area (Å²) in [5.41, 5.74) is 0.771. The Morgan fingerprint density at radius 1 is 1.44 bits per heavy atom. The number of ether oxygens (including phenoxy) is 1. The predicted molar refractivity (Wildman–Crippen MR) is 76.9 cm³/mol. The highest BCUT2D eigenvalue weighted by molar-refractivity contribution is 9.10. The molecule has 1 aromatic carbocycles. The van der Waals surface area contributed by atoms with Crippen LogP contribution < -0.4 is 0 Å². The third-order valence-corrected chi connectivity index (χ3v) is 3.55. The van der Waals surface area contributed by atoms with Crippen molar-refractivity contribution in [3.8, 4) is 0 Å². The van der Waals surface area contributed by atoms with Gasteiger partial charge in [-0.3, -0.25) is 4.79 Å². The van der Waals surface area contributed by atoms with E-state index >= 15 is 0 Å². The topological polar surface area (TPSA) is 43.4 Å². The van der Waals surface area contributed by atoms with E-state index in [0.29, 0.717) is 17.7 Å². The summed E-state index contributed by atoms with van der Waals surface area (Å²) in [7, 11) is 0. The molecular formula is C13H15BrO3S. The van der Waals surface area contributed by atoms with E-state index < -0.39 is 5.97 Å². The van der Waals surface area contributed by atoms with Gasteiger partial charge in [-0.05, 0) is 26.2 Å². The lowest BCUT2D eigenvalue weighted by Crippen LogP contribution is -2.17. The van der Waals surface area contributed by atoms with Gasteiger partial charge in [0.2, 0.25) is 0 Å². The van der Waals surface area contributed by atoms with Gasteiger partial charge in [0.25, 0.3) is 0 Å². The molecule has 0 saturated heterocycles. The molecule has 0 amide bonds. The van der Waals surface area contributed by atoms with E-state index in [1.54, 1.807) is 26.0 Å². The van der Waals surface area contributed by atoms with Crippen molar-refractivity contribution < 1.29 is 14.3 Å². The molecule has 0 aromatic heterocycles. The van der Waals surface area contributed by atoms with Gasteiger partial charge in [-0.1, -0.05) is 28.1 Å². The molecule has 0 aliphatic carbocycles. The minimum absolute atomic E-state index is 0.117. The molecule has 1 aromatic rings. The maximum Gasteiger partial charge on any atom is 0.340 e. The SMILES string of the molecule is CCOC(=O)c1c(SC)cccc1C(=O)C(C)Br. The zero-order chi connectivity index (χ0) is 13.7. The molecule has 0 fully saturated rings. The van der Waals surface area contributed by atoms with E-state index in [4.69, 9.17) is 4.74 Å². The summed E-state index contributed by atoms with van der Waals surface area (Å²) in [6.45, 7) is 3.77. The van der Waals surface area contributed by atoms with Gasteiger partial charge < -0.3 is 4.74 Å². The Hall–Kier alpha value is -0.810. The quantitative estimate of drug-likeness (QED) is 0.358. The normalized spacial score (nSPS) is 12.0. The molecule has 1 rings (SSSR count). The molecule has 0 spiro atoms. The van der Waals surface area contributed by atoms with Crippen LogP contribution in [0.3, 0.4) is 0 Å². The van der Waals surface area contributed by atoms with Crippen molar-refractivity contribution in [2.75, 3.05) is 12.9 Å². The predicted octanol–water partition coefficient (Wildman–Crippen LogP) is 3.55. The van der Waals surface area contributed by atoms with Gasteiger partial charge in [0, 0.05) is 10.5 Å². The summed E-state index contributed by atoms with van der Waals surface area (Å²) in [6.07, 6.45) is 1.86. The van der Waals surface area contributed by atoms with Crippen molar-refractivity contribution in [1.82, 2.24) is 0 Å². The van der Waals surface area contributed by atoms with Gasteiger partial charge >= 0.3 is 5.97 Å². The van der Waals surface area contributed by atoms with Gasteiger partial charge in [-0.15, -0.1) is 11.8 Å². The second-order valence-electron chi connectivity index (χ2n) is 3.58. The summed E-state index contributed by atoms with van der Waals surface area (Å²) >= 11 is 4.66. The summed E-state index contributed by atoms with van der Waals surface area (Å²) in [4.78, 5) is 24.5. The molecule has 0 radical (unpaired) electrons. The lowest BCUT2D eigenvalue weighted by atomic mass is 10.0. The maximum absolute atomic E-state index is 12.1. The third-order valence-electron chi connectivity index (χ3n) is 2.35. The van der Waals surface area contributed by atoms with E-state index in [2.05, 4.69) is 15.9 Å². The molecule has 0 aliphatic heterocycles. The van der Waals surface area contributed by atoms with Crippen molar-refractivity contribution in [3.05, 3.63) is 29.3 Å². The van der Waals surface area contributed by atoms with Gasteiger partial charge in [0.1, 0.15) is 0 Å². The maximum atomic E-state index is 12.1. The zero-order valence-corrected chi connectivity index (χ0v) is 12.9. The minimum Gasteiger partial charge on any atom is -0.462 e. The standard InChI is InChI=1S/C13H15BrO3S/c1-4-17-13(16)11-9(12(15)8(2)14)6-5-7-10(11)18-3/h5-8H,4H2,1-3H3. The van der Waals surface area contributed by atoms with Crippen molar-refractivity contribution in [3.63, 3.8) is 0 Å². The van der Waals surface area contributed by atoms with Crippen LogP contribution in [0.25, 0.3) is 0 Å².